The predicted octanol–water partition coefficient (Wildman–Crippen LogP) is 2.26. The Kier molecular flexibility index (Phi) is 4.61. The van der Waals surface area contributed by atoms with Crippen molar-refractivity contribution in [2.24, 2.45) is 0 Å². The highest BCUT2D eigenvalue weighted by Crippen LogP contribution is 2.24. The van der Waals surface area contributed by atoms with Crippen LogP contribution >= 0.6 is 0 Å². The molecular weight excluding hydrogens is 288 g/mol. The Balaban J connectivity index is 1.58. The molecule has 1 aliphatic rings. The average Bonchev–Trinajstić information content (AvgIpc) is 3.17. The van der Waals surface area contributed by atoms with E-state index in [1.165, 1.54) is 24.1 Å². The zero-order valence-corrected chi connectivity index (χ0v) is 14.2. The minimum absolute atomic E-state index is 0.0898. The molecule has 0 spiro atoms. The number of nitrogens with one attached hydrogen (secondary N) is 2. The van der Waals surface area contributed by atoms with Gasteiger partial charge in [-0.2, -0.15) is 10.2 Å². The Bertz CT molecular complexity index is 616. The third kappa shape index (κ3) is 3.69. The molecule has 3 rings (SSSR count). The maximum absolute atomic E-state index is 4.25. The van der Waals surface area contributed by atoms with Gasteiger partial charge in [-0.15, -0.1) is 5.10 Å². The van der Waals surface area contributed by atoms with Crippen LogP contribution in [0.2, 0.25) is 0 Å². The lowest BCUT2D eigenvalue weighted by Gasteiger charge is -2.25. The molecule has 6 nitrogen and oxygen atoms in total. The molecule has 23 heavy (non-hydrogen) atoms. The van der Waals surface area contributed by atoms with E-state index in [-0.39, 0.29) is 5.41 Å². The lowest BCUT2D eigenvalue weighted by atomic mass is 9.89. The number of aromatic nitrogens is 4. The van der Waals surface area contributed by atoms with E-state index < -0.39 is 0 Å². The molecule has 2 N–H and O–H groups in total. The van der Waals surface area contributed by atoms with Gasteiger partial charge in [0, 0.05) is 48.5 Å². The number of H-pyrrole nitrogens is 1. The number of rotatable bonds is 5. The topological polar surface area (TPSA) is 69.7 Å². The van der Waals surface area contributed by atoms with Gasteiger partial charge in [0.1, 0.15) is 0 Å². The fourth-order valence-corrected chi connectivity index (χ4v) is 3.26. The second-order valence-corrected chi connectivity index (χ2v) is 7.22. The van der Waals surface area contributed by atoms with Gasteiger partial charge in [-0.1, -0.05) is 20.8 Å². The normalized spacial score (nSPS) is 18.6. The summed E-state index contributed by atoms with van der Waals surface area (Å²) in [5.74, 6) is 0.982. The molecule has 1 atom stereocenters. The third-order valence-corrected chi connectivity index (χ3v) is 4.39. The van der Waals surface area contributed by atoms with Crippen molar-refractivity contribution in [3.63, 3.8) is 0 Å². The summed E-state index contributed by atoms with van der Waals surface area (Å²) in [6.45, 7) is 9.47. The first-order valence-corrected chi connectivity index (χ1v) is 8.33. The SMILES string of the molecule is CC(C)(C)c1[nH]ncc1CNCC1CCCN1c1cccnn1. The van der Waals surface area contributed by atoms with Crippen molar-refractivity contribution in [3.8, 4) is 0 Å². The van der Waals surface area contributed by atoms with Crippen LogP contribution in [-0.4, -0.2) is 39.5 Å². The van der Waals surface area contributed by atoms with Crippen molar-refractivity contribution < 1.29 is 0 Å². The summed E-state index contributed by atoms with van der Waals surface area (Å²) in [7, 11) is 0. The molecule has 6 heteroatoms. The number of hydrogen-bond donors (Lipinski definition) is 2. The molecule has 1 fully saturated rings. The summed E-state index contributed by atoms with van der Waals surface area (Å²) >= 11 is 0. The van der Waals surface area contributed by atoms with Crippen LogP contribution in [0.5, 0.6) is 0 Å². The summed E-state index contributed by atoms with van der Waals surface area (Å²) in [6, 6.07) is 4.47. The van der Waals surface area contributed by atoms with Crippen molar-refractivity contribution in [1.82, 2.24) is 25.7 Å². The number of nitrogens with zero attached hydrogens (tertiary/aromatic N) is 4. The summed E-state index contributed by atoms with van der Waals surface area (Å²) < 4.78 is 0. The highest BCUT2D eigenvalue weighted by atomic mass is 15.3. The standard InChI is InChI=1S/C17H26N6/c1-17(2,3)16-13(11-20-22-16)10-18-12-14-6-5-9-23(14)15-7-4-8-19-21-15/h4,7-8,11,14,18H,5-6,9-10,12H2,1-3H3,(H,20,22). The van der Waals surface area contributed by atoms with Gasteiger partial charge in [0.25, 0.3) is 0 Å². The second-order valence-electron chi connectivity index (χ2n) is 7.22. The van der Waals surface area contributed by atoms with Crippen molar-refractivity contribution in [3.05, 3.63) is 35.8 Å². The van der Waals surface area contributed by atoms with Gasteiger partial charge >= 0.3 is 0 Å². The van der Waals surface area contributed by atoms with E-state index in [1.807, 2.05) is 18.3 Å². The molecule has 2 aromatic heterocycles. The van der Waals surface area contributed by atoms with Crippen molar-refractivity contribution >= 4 is 5.82 Å². The van der Waals surface area contributed by atoms with Crippen LogP contribution in [0.25, 0.3) is 0 Å². The van der Waals surface area contributed by atoms with Gasteiger partial charge in [0.2, 0.25) is 0 Å². The van der Waals surface area contributed by atoms with Crippen LogP contribution in [0.3, 0.4) is 0 Å². The van der Waals surface area contributed by atoms with Gasteiger partial charge < -0.3 is 10.2 Å². The molecule has 3 heterocycles. The third-order valence-electron chi connectivity index (χ3n) is 4.39. The molecule has 1 aliphatic heterocycles. The molecule has 0 saturated carbocycles. The molecule has 0 amide bonds. The zero-order chi connectivity index (χ0) is 16.3. The molecule has 124 valence electrons. The summed E-state index contributed by atoms with van der Waals surface area (Å²) in [6.07, 6.45) is 6.06. The van der Waals surface area contributed by atoms with Crippen molar-refractivity contribution in [1.29, 1.82) is 0 Å². The van der Waals surface area contributed by atoms with E-state index in [2.05, 4.69) is 51.4 Å². The molecule has 0 aliphatic carbocycles. The van der Waals surface area contributed by atoms with E-state index in [0.717, 1.165) is 25.5 Å². The van der Waals surface area contributed by atoms with Crippen LogP contribution in [0.4, 0.5) is 5.82 Å². The molecular formula is C17H26N6. The van der Waals surface area contributed by atoms with Gasteiger partial charge in [0.05, 0.1) is 6.20 Å². The van der Waals surface area contributed by atoms with E-state index >= 15 is 0 Å². The summed E-state index contributed by atoms with van der Waals surface area (Å²) in [4.78, 5) is 2.36. The molecule has 1 unspecified atom stereocenters. The van der Waals surface area contributed by atoms with Crippen LogP contribution in [0, 0.1) is 0 Å². The maximum atomic E-state index is 4.25. The Morgan fingerprint density at radius 3 is 3.00 bits per heavy atom. The van der Waals surface area contributed by atoms with Crippen LogP contribution in [0.1, 0.15) is 44.9 Å². The molecule has 0 bridgehead atoms. The molecule has 2 aromatic rings. The van der Waals surface area contributed by atoms with Gasteiger partial charge in [-0.05, 0) is 25.0 Å². The van der Waals surface area contributed by atoms with Crippen LogP contribution in [-0.2, 0) is 12.0 Å². The van der Waals surface area contributed by atoms with Crippen LogP contribution < -0.4 is 10.2 Å². The van der Waals surface area contributed by atoms with E-state index in [0.29, 0.717) is 6.04 Å². The first-order chi connectivity index (χ1) is 11.1. The maximum Gasteiger partial charge on any atom is 0.151 e. The minimum atomic E-state index is 0.0898. The Morgan fingerprint density at radius 1 is 1.39 bits per heavy atom. The number of anilines is 1. The fraction of sp³-hybridized carbons (Fsp3) is 0.588. The fourth-order valence-electron chi connectivity index (χ4n) is 3.26. The number of hydrogen-bond acceptors (Lipinski definition) is 5. The summed E-state index contributed by atoms with van der Waals surface area (Å²) in [5, 5.41) is 19.2. The Morgan fingerprint density at radius 2 is 2.26 bits per heavy atom. The minimum Gasteiger partial charge on any atom is -0.351 e. The van der Waals surface area contributed by atoms with E-state index in [1.54, 1.807) is 6.20 Å². The molecule has 1 saturated heterocycles. The smallest absolute Gasteiger partial charge is 0.151 e. The highest BCUT2D eigenvalue weighted by Gasteiger charge is 2.26. The second kappa shape index (κ2) is 6.66. The van der Waals surface area contributed by atoms with E-state index in [4.69, 9.17) is 0 Å². The van der Waals surface area contributed by atoms with Crippen molar-refractivity contribution in [2.45, 2.75) is 51.6 Å². The monoisotopic (exact) mass is 314 g/mol. The van der Waals surface area contributed by atoms with Gasteiger partial charge in [-0.3, -0.25) is 5.10 Å². The number of aromatic amines is 1. The Hall–Kier alpha value is -1.95. The first-order valence-electron chi connectivity index (χ1n) is 8.33. The molecule has 0 radical (unpaired) electrons. The highest BCUT2D eigenvalue weighted by molar-refractivity contribution is 5.39. The average molecular weight is 314 g/mol. The van der Waals surface area contributed by atoms with E-state index in [9.17, 15) is 0 Å². The van der Waals surface area contributed by atoms with Crippen LogP contribution in [0.15, 0.2) is 24.5 Å². The lowest BCUT2D eigenvalue weighted by Crippen LogP contribution is -2.38. The largest absolute Gasteiger partial charge is 0.351 e. The van der Waals surface area contributed by atoms with Crippen molar-refractivity contribution in [2.75, 3.05) is 18.0 Å². The lowest BCUT2D eigenvalue weighted by molar-refractivity contribution is 0.540. The molecule has 0 aromatic carbocycles. The van der Waals surface area contributed by atoms with Gasteiger partial charge in [0.15, 0.2) is 5.82 Å². The quantitative estimate of drug-likeness (QED) is 0.886. The summed E-state index contributed by atoms with van der Waals surface area (Å²) in [5.41, 5.74) is 2.55. The van der Waals surface area contributed by atoms with Gasteiger partial charge in [-0.25, -0.2) is 0 Å². The Labute approximate surface area is 137 Å². The first kappa shape index (κ1) is 15.9. The predicted molar refractivity (Wildman–Crippen MR) is 91.4 cm³/mol. The zero-order valence-electron chi connectivity index (χ0n) is 14.2.